The zero-order valence-electron chi connectivity index (χ0n) is 11.8. The summed E-state index contributed by atoms with van der Waals surface area (Å²) in [4.78, 5) is 11.5. The second kappa shape index (κ2) is 7.12. The van der Waals surface area contributed by atoms with E-state index in [2.05, 4.69) is 10.6 Å². The van der Waals surface area contributed by atoms with Crippen LogP contribution >= 0.6 is 0 Å². The number of carbonyl (C=O) groups is 1. The molecule has 1 rings (SSSR count). The van der Waals surface area contributed by atoms with Crippen LogP contribution in [0.4, 0.5) is 4.79 Å². The molecule has 6 nitrogen and oxygen atoms in total. The summed E-state index contributed by atoms with van der Waals surface area (Å²) in [7, 11) is 0. The first-order valence-electron chi connectivity index (χ1n) is 6.43. The number of aromatic hydroxyl groups is 1. The lowest BCUT2D eigenvalue weighted by atomic mass is 9.95. The number of aliphatic hydroxyl groups is 2. The van der Waals surface area contributed by atoms with E-state index in [4.69, 9.17) is 5.11 Å². The fraction of sp³-hybridized carbons (Fsp3) is 0.500. The SMILES string of the molecule is CC(C)(CO)CNC(=O)NC[C@H](O)c1cccc(O)c1. The van der Waals surface area contributed by atoms with Crippen LogP contribution in [0.5, 0.6) is 5.75 Å². The van der Waals surface area contributed by atoms with Gasteiger partial charge in [-0.15, -0.1) is 0 Å². The number of benzene rings is 1. The molecule has 0 radical (unpaired) electrons. The molecule has 2 amide bonds. The minimum atomic E-state index is -0.890. The van der Waals surface area contributed by atoms with Gasteiger partial charge in [-0.25, -0.2) is 4.79 Å². The molecule has 0 heterocycles. The van der Waals surface area contributed by atoms with Gasteiger partial charge < -0.3 is 26.0 Å². The molecule has 0 aromatic heterocycles. The third-order valence-corrected chi connectivity index (χ3v) is 2.87. The van der Waals surface area contributed by atoms with Gasteiger partial charge in [0.15, 0.2) is 0 Å². The molecule has 1 atom stereocenters. The van der Waals surface area contributed by atoms with E-state index in [9.17, 15) is 15.0 Å². The summed E-state index contributed by atoms with van der Waals surface area (Å²) in [6.45, 7) is 4.00. The van der Waals surface area contributed by atoms with Crippen molar-refractivity contribution >= 4 is 6.03 Å². The van der Waals surface area contributed by atoms with E-state index in [0.29, 0.717) is 12.1 Å². The number of hydrogen-bond donors (Lipinski definition) is 5. The Morgan fingerprint density at radius 1 is 1.35 bits per heavy atom. The molecule has 20 heavy (non-hydrogen) atoms. The Kier molecular flexibility index (Phi) is 5.79. The highest BCUT2D eigenvalue weighted by Crippen LogP contribution is 2.17. The monoisotopic (exact) mass is 282 g/mol. The molecular weight excluding hydrogens is 260 g/mol. The van der Waals surface area contributed by atoms with Gasteiger partial charge in [0.1, 0.15) is 5.75 Å². The Hall–Kier alpha value is -1.79. The van der Waals surface area contributed by atoms with Crippen LogP contribution in [0.25, 0.3) is 0 Å². The Balaban J connectivity index is 2.37. The maximum absolute atomic E-state index is 11.5. The molecular formula is C14H22N2O4. The molecule has 0 unspecified atom stereocenters. The minimum absolute atomic E-state index is 0.0286. The summed E-state index contributed by atoms with van der Waals surface area (Å²) in [5, 5.41) is 33.4. The fourth-order valence-electron chi connectivity index (χ4n) is 1.48. The standard InChI is InChI=1S/C14H22N2O4/c1-14(2,9-17)8-16-13(20)15-7-12(19)10-4-3-5-11(18)6-10/h3-6,12,17-19H,7-9H2,1-2H3,(H2,15,16,20)/t12-/m0/s1. The summed E-state index contributed by atoms with van der Waals surface area (Å²) in [6.07, 6.45) is -0.890. The van der Waals surface area contributed by atoms with Crippen LogP contribution in [-0.2, 0) is 0 Å². The van der Waals surface area contributed by atoms with E-state index in [-0.39, 0.29) is 24.3 Å². The molecule has 0 fully saturated rings. The molecule has 1 aromatic carbocycles. The van der Waals surface area contributed by atoms with Crippen molar-refractivity contribution in [3.05, 3.63) is 29.8 Å². The molecule has 0 aliphatic heterocycles. The quantitative estimate of drug-likeness (QED) is 0.531. The Morgan fingerprint density at radius 2 is 2.05 bits per heavy atom. The average molecular weight is 282 g/mol. The van der Waals surface area contributed by atoms with Gasteiger partial charge in [-0.2, -0.15) is 0 Å². The molecule has 0 aliphatic rings. The Morgan fingerprint density at radius 3 is 2.65 bits per heavy atom. The summed E-state index contributed by atoms with van der Waals surface area (Å²) in [5.74, 6) is 0.0655. The second-order valence-corrected chi connectivity index (χ2v) is 5.50. The maximum Gasteiger partial charge on any atom is 0.314 e. The zero-order valence-corrected chi connectivity index (χ0v) is 11.8. The third kappa shape index (κ3) is 5.46. The van der Waals surface area contributed by atoms with Crippen LogP contribution in [-0.4, -0.2) is 41.0 Å². The van der Waals surface area contributed by atoms with Crippen LogP contribution in [0.2, 0.25) is 0 Å². The number of amides is 2. The van der Waals surface area contributed by atoms with Crippen molar-refractivity contribution in [2.75, 3.05) is 19.7 Å². The van der Waals surface area contributed by atoms with Crippen molar-refractivity contribution < 1.29 is 20.1 Å². The van der Waals surface area contributed by atoms with Gasteiger partial charge in [0.05, 0.1) is 6.10 Å². The smallest absolute Gasteiger partial charge is 0.314 e. The van der Waals surface area contributed by atoms with Gasteiger partial charge in [-0.05, 0) is 17.7 Å². The highest BCUT2D eigenvalue weighted by atomic mass is 16.3. The lowest BCUT2D eigenvalue weighted by molar-refractivity contribution is 0.154. The molecule has 0 aliphatic carbocycles. The molecule has 112 valence electrons. The van der Waals surface area contributed by atoms with Crippen molar-refractivity contribution in [1.29, 1.82) is 0 Å². The predicted molar refractivity (Wildman–Crippen MR) is 75.3 cm³/mol. The fourth-order valence-corrected chi connectivity index (χ4v) is 1.48. The number of carbonyl (C=O) groups excluding carboxylic acids is 1. The minimum Gasteiger partial charge on any atom is -0.508 e. The van der Waals surface area contributed by atoms with Crippen molar-refractivity contribution in [3.8, 4) is 5.75 Å². The third-order valence-electron chi connectivity index (χ3n) is 2.87. The van der Waals surface area contributed by atoms with Crippen LogP contribution < -0.4 is 10.6 Å². The molecule has 1 aromatic rings. The topological polar surface area (TPSA) is 102 Å². The van der Waals surface area contributed by atoms with Crippen molar-refractivity contribution in [2.24, 2.45) is 5.41 Å². The van der Waals surface area contributed by atoms with E-state index >= 15 is 0 Å². The van der Waals surface area contributed by atoms with Gasteiger partial charge >= 0.3 is 6.03 Å². The number of nitrogens with one attached hydrogen (secondary N) is 2. The van der Waals surface area contributed by atoms with Gasteiger partial charge in [0.2, 0.25) is 0 Å². The number of aliphatic hydroxyl groups excluding tert-OH is 2. The second-order valence-electron chi connectivity index (χ2n) is 5.50. The number of urea groups is 1. The van der Waals surface area contributed by atoms with E-state index < -0.39 is 12.1 Å². The van der Waals surface area contributed by atoms with Crippen LogP contribution in [0, 0.1) is 5.41 Å². The summed E-state index contributed by atoms with van der Waals surface area (Å²) in [6, 6.07) is 5.83. The number of hydrogen-bond acceptors (Lipinski definition) is 4. The molecule has 0 bridgehead atoms. The Bertz CT molecular complexity index is 449. The lowest BCUT2D eigenvalue weighted by Gasteiger charge is -2.22. The van der Waals surface area contributed by atoms with Gasteiger partial charge in [-0.1, -0.05) is 26.0 Å². The van der Waals surface area contributed by atoms with E-state index in [0.717, 1.165) is 0 Å². The Labute approximate surface area is 118 Å². The highest BCUT2D eigenvalue weighted by Gasteiger charge is 2.17. The number of rotatable bonds is 6. The highest BCUT2D eigenvalue weighted by molar-refractivity contribution is 5.73. The van der Waals surface area contributed by atoms with Crippen molar-refractivity contribution in [2.45, 2.75) is 20.0 Å². The molecule has 0 spiro atoms. The first-order chi connectivity index (χ1) is 9.34. The number of phenolic OH excluding ortho intramolecular Hbond substituents is 1. The summed E-state index contributed by atoms with van der Waals surface area (Å²) >= 11 is 0. The molecule has 6 heteroatoms. The summed E-state index contributed by atoms with van der Waals surface area (Å²) < 4.78 is 0. The lowest BCUT2D eigenvalue weighted by Crippen LogP contribution is -2.43. The van der Waals surface area contributed by atoms with Gasteiger partial charge in [-0.3, -0.25) is 0 Å². The van der Waals surface area contributed by atoms with E-state index in [1.807, 2.05) is 13.8 Å². The van der Waals surface area contributed by atoms with Gasteiger partial charge in [0.25, 0.3) is 0 Å². The van der Waals surface area contributed by atoms with E-state index in [1.54, 1.807) is 12.1 Å². The molecule has 0 saturated heterocycles. The zero-order chi connectivity index (χ0) is 15.2. The van der Waals surface area contributed by atoms with E-state index in [1.165, 1.54) is 12.1 Å². The summed E-state index contributed by atoms with van der Waals surface area (Å²) in [5.41, 5.74) is 0.141. The largest absolute Gasteiger partial charge is 0.508 e. The first kappa shape index (κ1) is 16.3. The van der Waals surface area contributed by atoms with Crippen LogP contribution in [0.15, 0.2) is 24.3 Å². The van der Waals surface area contributed by atoms with Crippen LogP contribution in [0.3, 0.4) is 0 Å². The average Bonchev–Trinajstić information content (AvgIpc) is 2.42. The maximum atomic E-state index is 11.5. The predicted octanol–water partition coefficient (Wildman–Crippen LogP) is 0.743. The molecule has 0 saturated carbocycles. The van der Waals surface area contributed by atoms with Crippen molar-refractivity contribution in [1.82, 2.24) is 10.6 Å². The van der Waals surface area contributed by atoms with Crippen molar-refractivity contribution in [3.63, 3.8) is 0 Å². The first-order valence-corrected chi connectivity index (χ1v) is 6.43. The molecule has 5 N–H and O–H groups in total. The number of phenols is 1. The van der Waals surface area contributed by atoms with Crippen LogP contribution in [0.1, 0.15) is 25.5 Å². The van der Waals surface area contributed by atoms with Gasteiger partial charge in [0, 0.05) is 25.1 Å². The normalized spacial score (nSPS) is 12.8.